The van der Waals surface area contributed by atoms with Gasteiger partial charge in [0.1, 0.15) is 13.2 Å². The molecule has 1 unspecified atom stereocenters. The molecule has 0 bridgehead atoms. The number of unbranched alkanes of at least 4 members (excludes halogenated alkanes) is 41. The minimum absolute atomic E-state index is 0.0724. The molecule has 0 aliphatic rings. The molecule has 0 aliphatic carbocycles. The predicted octanol–water partition coefficient (Wildman–Crippen LogP) is 21.2. The van der Waals surface area contributed by atoms with Crippen LogP contribution in [0.25, 0.3) is 0 Å². The van der Waals surface area contributed by atoms with Gasteiger partial charge < -0.3 is 14.2 Å². The van der Waals surface area contributed by atoms with Crippen LogP contribution in [0.2, 0.25) is 0 Å². The number of esters is 3. The molecule has 6 heteroatoms. The van der Waals surface area contributed by atoms with Crippen molar-refractivity contribution in [1.82, 2.24) is 0 Å². The second kappa shape index (κ2) is 60.2. The van der Waals surface area contributed by atoms with Crippen molar-refractivity contribution in [3.63, 3.8) is 0 Å². The number of hydrogen-bond acceptors (Lipinski definition) is 6. The van der Waals surface area contributed by atoms with E-state index in [9.17, 15) is 14.4 Å². The Kier molecular flexibility index (Phi) is 58.2. The first-order chi connectivity index (χ1) is 35.0. The third-order valence-electron chi connectivity index (χ3n) is 14.1. The Labute approximate surface area is 442 Å². The highest BCUT2D eigenvalue weighted by molar-refractivity contribution is 5.71. The quantitative estimate of drug-likeness (QED) is 0.0261. The molecule has 0 radical (unpaired) electrons. The Morgan fingerprint density at radius 2 is 0.507 bits per heavy atom. The van der Waals surface area contributed by atoms with Crippen molar-refractivity contribution in [2.75, 3.05) is 13.2 Å². The van der Waals surface area contributed by atoms with E-state index in [0.29, 0.717) is 19.3 Å². The van der Waals surface area contributed by atoms with Crippen LogP contribution in [0.15, 0.2) is 36.5 Å². The van der Waals surface area contributed by atoms with Gasteiger partial charge in [0.15, 0.2) is 6.10 Å². The number of hydrogen-bond donors (Lipinski definition) is 0. The van der Waals surface area contributed by atoms with E-state index in [1.165, 1.54) is 231 Å². The first-order valence-electron chi connectivity index (χ1n) is 31.5. The van der Waals surface area contributed by atoms with Gasteiger partial charge in [-0.2, -0.15) is 0 Å². The molecule has 71 heavy (non-hydrogen) atoms. The van der Waals surface area contributed by atoms with E-state index >= 15 is 0 Å². The fourth-order valence-corrected chi connectivity index (χ4v) is 9.35. The van der Waals surface area contributed by atoms with E-state index in [-0.39, 0.29) is 31.1 Å². The number of carbonyl (C=O) groups excluding carboxylic acids is 3. The third kappa shape index (κ3) is 58.4. The maximum absolute atomic E-state index is 12.9. The summed E-state index contributed by atoms with van der Waals surface area (Å²) in [6.45, 7) is 6.64. The predicted molar refractivity (Wildman–Crippen MR) is 307 cm³/mol. The molecule has 0 aromatic carbocycles. The first-order valence-corrected chi connectivity index (χ1v) is 31.5. The van der Waals surface area contributed by atoms with Crippen molar-refractivity contribution < 1.29 is 28.6 Å². The lowest BCUT2D eigenvalue weighted by atomic mass is 10.0. The number of carbonyl (C=O) groups is 3. The van der Waals surface area contributed by atoms with E-state index in [0.717, 1.165) is 70.6 Å². The molecule has 416 valence electrons. The van der Waals surface area contributed by atoms with E-state index in [4.69, 9.17) is 14.2 Å². The van der Waals surface area contributed by atoms with Crippen molar-refractivity contribution in [3.8, 4) is 0 Å². The SMILES string of the molecule is CCCCC/C=C\C/C=C\CCCCCCCCCCCC(=O)OC(COC(=O)CCCCCCC/C=C\CCCCC)COC(=O)CCCCCCCCCCCCCCCCCCCCCCCC. The standard InChI is InChI=1S/C65H120O6/c1-4-7-10-13-16-19-22-25-27-29-31-32-33-35-36-38-40-43-46-49-52-55-58-64(67)70-61-62(60-69-63(66)57-54-51-48-45-42-24-21-18-15-12-9-6-3)71-65(68)59-56-53-50-47-44-41-39-37-34-30-28-26-23-20-17-14-11-8-5-2/h17-18,20-21,26,28,62H,4-16,19,22-25,27,29-61H2,1-3H3/b20-17-,21-18-,28-26-. The number of ether oxygens (including phenoxy) is 3. The van der Waals surface area contributed by atoms with E-state index in [2.05, 4.69) is 57.2 Å². The topological polar surface area (TPSA) is 78.9 Å². The fourth-order valence-electron chi connectivity index (χ4n) is 9.35. The summed E-state index contributed by atoms with van der Waals surface area (Å²) in [5.41, 5.74) is 0. The van der Waals surface area contributed by atoms with Gasteiger partial charge in [-0.05, 0) is 77.0 Å². The van der Waals surface area contributed by atoms with Crippen molar-refractivity contribution in [1.29, 1.82) is 0 Å². The van der Waals surface area contributed by atoms with Crippen LogP contribution in [0, 0.1) is 0 Å². The van der Waals surface area contributed by atoms with Crippen LogP contribution in [-0.4, -0.2) is 37.2 Å². The summed E-state index contributed by atoms with van der Waals surface area (Å²) in [5.74, 6) is -0.865. The average Bonchev–Trinajstić information content (AvgIpc) is 3.37. The lowest BCUT2D eigenvalue weighted by Crippen LogP contribution is -2.30. The molecule has 0 aliphatic heterocycles. The van der Waals surface area contributed by atoms with Gasteiger partial charge in [-0.15, -0.1) is 0 Å². The van der Waals surface area contributed by atoms with Crippen molar-refractivity contribution in [3.05, 3.63) is 36.5 Å². The molecular formula is C65H120O6. The fraction of sp³-hybridized carbons (Fsp3) is 0.862. The summed E-state index contributed by atoms with van der Waals surface area (Å²) in [5, 5.41) is 0. The molecular weight excluding hydrogens is 877 g/mol. The smallest absolute Gasteiger partial charge is 0.306 e. The molecule has 6 nitrogen and oxygen atoms in total. The highest BCUT2D eigenvalue weighted by Gasteiger charge is 2.19. The van der Waals surface area contributed by atoms with Crippen molar-refractivity contribution >= 4 is 17.9 Å². The Hall–Kier alpha value is -2.37. The normalized spacial score (nSPS) is 12.2. The highest BCUT2D eigenvalue weighted by Crippen LogP contribution is 2.17. The number of rotatable bonds is 58. The molecule has 0 amide bonds. The molecule has 1 atom stereocenters. The van der Waals surface area contributed by atoms with Gasteiger partial charge in [0.25, 0.3) is 0 Å². The molecule has 0 aromatic rings. The van der Waals surface area contributed by atoms with E-state index in [1.54, 1.807) is 0 Å². The van der Waals surface area contributed by atoms with Crippen LogP contribution < -0.4 is 0 Å². The lowest BCUT2D eigenvalue weighted by Gasteiger charge is -2.18. The van der Waals surface area contributed by atoms with Gasteiger partial charge in [-0.3, -0.25) is 14.4 Å². The summed E-state index contributed by atoms with van der Waals surface area (Å²) in [6.07, 6.45) is 72.9. The minimum Gasteiger partial charge on any atom is -0.462 e. The molecule has 0 saturated carbocycles. The van der Waals surface area contributed by atoms with Gasteiger partial charge in [-0.25, -0.2) is 0 Å². The Morgan fingerprint density at radius 1 is 0.282 bits per heavy atom. The molecule has 0 spiro atoms. The van der Waals surface area contributed by atoms with Crippen molar-refractivity contribution in [2.24, 2.45) is 0 Å². The Bertz CT molecular complexity index is 1190. The van der Waals surface area contributed by atoms with Gasteiger partial charge in [0.05, 0.1) is 0 Å². The summed E-state index contributed by atoms with van der Waals surface area (Å²) < 4.78 is 16.9. The largest absolute Gasteiger partial charge is 0.462 e. The van der Waals surface area contributed by atoms with Crippen LogP contribution in [0.4, 0.5) is 0 Å². The molecule has 0 heterocycles. The summed E-state index contributed by atoms with van der Waals surface area (Å²) in [7, 11) is 0. The maximum atomic E-state index is 12.9. The zero-order valence-corrected chi connectivity index (χ0v) is 47.8. The van der Waals surface area contributed by atoms with Gasteiger partial charge >= 0.3 is 17.9 Å². The lowest BCUT2D eigenvalue weighted by molar-refractivity contribution is -0.167. The van der Waals surface area contributed by atoms with Crippen molar-refractivity contribution in [2.45, 2.75) is 348 Å². The van der Waals surface area contributed by atoms with Crippen LogP contribution in [-0.2, 0) is 28.6 Å². The Morgan fingerprint density at radius 3 is 0.817 bits per heavy atom. The summed E-state index contributed by atoms with van der Waals surface area (Å²) in [4.78, 5) is 38.2. The maximum Gasteiger partial charge on any atom is 0.306 e. The van der Waals surface area contributed by atoms with Gasteiger partial charge in [0.2, 0.25) is 0 Å². The second-order valence-electron chi connectivity index (χ2n) is 21.3. The molecule has 0 fully saturated rings. The second-order valence-corrected chi connectivity index (χ2v) is 21.3. The van der Waals surface area contributed by atoms with E-state index < -0.39 is 6.10 Å². The highest BCUT2D eigenvalue weighted by atomic mass is 16.6. The van der Waals surface area contributed by atoms with Crippen LogP contribution >= 0.6 is 0 Å². The monoisotopic (exact) mass is 997 g/mol. The van der Waals surface area contributed by atoms with Gasteiger partial charge in [0, 0.05) is 19.3 Å². The molecule has 0 rings (SSSR count). The summed E-state index contributed by atoms with van der Waals surface area (Å²) in [6, 6.07) is 0. The zero-order valence-electron chi connectivity index (χ0n) is 47.8. The van der Waals surface area contributed by atoms with Crippen LogP contribution in [0.3, 0.4) is 0 Å². The summed E-state index contributed by atoms with van der Waals surface area (Å²) >= 11 is 0. The number of allylic oxidation sites excluding steroid dienone is 6. The Balaban J connectivity index is 4.26. The average molecular weight is 998 g/mol. The van der Waals surface area contributed by atoms with Gasteiger partial charge in [-0.1, -0.05) is 282 Å². The third-order valence-corrected chi connectivity index (χ3v) is 14.1. The molecule has 0 saturated heterocycles. The molecule has 0 N–H and O–H groups in total. The first kappa shape index (κ1) is 68.6. The van der Waals surface area contributed by atoms with Crippen LogP contribution in [0.5, 0.6) is 0 Å². The van der Waals surface area contributed by atoms with E-state index in [1.807, 2.05) is 0 Å². The molecule has 0 aromatic heterocycles. The zero-order chi connectivity index (χ0) is 51.4. The minimum atomic E-state index is -0.775. The van der Waals surface area contributed by atoms with Crippen LogP contribution in [0.1, 0.15) is 342 Å².